The van der Waals surface area contributed by atoms with Crippen LogP contribution in [0.1, 0.15) is 16.7 Å². The number of aromatic nitrogens is 1. The number of ether oxygens (including phenoxy) is 2. The molecule has 0 amide bonds. The van der Waals surface area contributed by atoms with Gasteiger partial charge in [0.1, 0.15) is 24.8 Å². The first kappa shape index (κ1) is 25.4. The molecule has 0 unspecified atom stereocenters. The highest BCUT2D eigenvalue weighted by atomic mass is 19.1. The number of hydrogen-bond acceptors (Lipinski definition) is 5. The highest BCUT2D eigenvalue weighted by Crippen LogP contribution is 2.35. The van der Waals surface area contributed by atoms with E-state index >= 15 is 8.78 Å². The Morgan fingerprint density at radius 1 is 0.789 bits per heavy atom. The highest BCUT2D eigenvalue weighted by Gasteiger charge is 2.19. The predicted molar refractivity (Wildman–Crippen MR) is 145 cm³/mol. The standard InChI is InChI=1S/C31H29F2N3O2/c32-27-19-25(13-16-36-17-14-34-15-18-36)20-28(33)30(27)26-11-12-29(37-21-23-7-3-1-4-8-23)35-31(26)38-22-24-9-5-2-6-10-24/h1-13,16,19-20,34H,14-15,17-18,21-22H2/b16-13+. The Bertz CT molecular complexity index is 1350. The van der Waals surface area contributed by atoms with Gasteiger partial charge in [0, 0.05) is 32.2 Å². The van der Waals surface area contributed by atoms with Crippen molar-refractivity contribution < 1.29 is 18.3 Å². The predicted octanol–water partition coefficient (Wildman–Crippen LogP) is 6.06. The van der Waals surface area contributed by atoms with E-state index in [1.165, 1.54) is 12.1 Å². The summed E-state index contributed by atoms with van der Waals surface area (Å²) in [5.74, 6) is -0.970. The maximum absolute atomic E-state index is 15.4. The number of rotatable bonds is 9. The second kappa shape index (κ2) is 12.3. The SMILES string of the molecule is Fc1cc(/C=C/N2CCNCC2)cc(F)c1-c1ccc(OCc2ccccc2)nc1OCc1ccccc1. The average Bonchev–Trinajstić information content (AvgIpc) is 2.96. The Morgan fingerprint density at radius 2 is 1.39 bits per heavy atom. The normalized spacial score (nSPS) is 13.6. The molecule has 194 valence electrons. The molecule has 0 bridgehead atoms. The van der Waals surface area contributed by atoms with Gasteiger partial charge in [0.05, 0.1) is 11.1 Å². The molecule has 0 aliphatic carbocycles. The van der Waals surface area contributed by atoms with E-state index in [9.17, 15) is 0 Å². The van der Waals surface area contributed by atoms with Gasteiger partial charge in [-0.1, -0.05) is 60.7 Å². The number of piperazine rings is 1. The van der Waals surface area contributed by atoms with Gasteiger partial charge in [-0.3, -0.25) is 0 Å². The monoisotopic (exact) mass is 513 g/mol. The zero-order chi connectivity index (χ0) is 26.2. The van der Waals surface area contributed by atoms with Gasteiger partial charge in [-0.2, -0.15) is 4.98 Å². The molecule has 1 fully saturated rings. The molecule has 5 rings (SSSR count). The number of nitrogens with one attached hydrogen (secondary N) is 1. The smallest absolute Gasteiger partial charge is 0.225 e. The molecule has 1 aliphatic heterocycles. The number of benzene rings is 3. The first-order valence-electron chi connectivity index (χ1n) is 12.6. The van der Waals surface area contributed by atoms with E-state index in [2.05, 4.69) is 15.2 Å². The van der Waals surface area contributed by atoms with Crippen LogP contribution < -0.4 is 14.8 Å². The Morgan fingerprint density at radius 3 is 2.03 bits per heavy atom. The topological polar surface area (TPSA) is 46.6 Å². The summed E-state index contributed by atoms with van der Waals surface area (Å²) in [5.41, 5.74) is 2.37. The summed E-state index contributed by atoms with van der Waals surface area (Å²) in [4.78, 5) is 6.60. The van der Waals surface area contributed by atoms with Crippen molar-refractivity contribution in [1.82, 2.24) is 15.2 Å². The maximum atomic E-state index is 15.4. The van der Waals surface area contributed by atoms with Crippen molar-refractivity contribution >= 4 is 6.08 Å². The van der Waals surface area contributed by atoms with Gasteiger partial charge in [-0.25, -0.2) is 8.78 Å². The Balaban J connectivity index is 1.42. The van der Waals surface area contributed by atoms with Crippen LogP contribution in [0.2, 0.25) is 0 Å². The van der Waals surface area contributed by atoms with Crippen molar-refractivity contribution in [3.63, 3.8) is 0 Å². The van der Waals surface area contributed by atoms with Crippen LogP contribution >= 0.6 is 0 Å². The lowest BCUT2D eigenvalue weighted by atomic mass is 10.0. The van der Waals surface area contributed by atoms with Gasteiger partial charge in [0.15, 0.2) is 0 Å². The second-order valence-electron chi connectivity index (χ2n) is 9.01. The molecule has 0 radical (unpaired) electrons. The van der Waals surface area contributed by atoms with Gasteiger partial charge >= 0.3 is 0 Å². The number of hydrogen-bond donors (Lipinski definition) is 1. The fourth-order valence-corrected chi connectivity index (χ4v) is 4.23. The van der Waals surface area contributed by atoms with Gasteiger partial charge < -0.3 is 19.7 Å². The number of halogens is 2. The lowest BCUT2D eigenvalue weighted by Crippen LogP contribution is -2.40. The molecule has 5 nitrogen and oxygen atoms in total. The van der Waals surface area contributed by atoms with Crippen LogP contribution in [0.4, 0.5) is 8.78 Å². The number of nitrogens with zero attached hydrogens (tertiary/aromatic N) is 2. The first-order valence-corrected chi connectivity index (χ1v) is 12.6. The van der Waals surface area contributed by atoms with E-state index < -0.39 is 11.6 Å². The third-order valence-corrected chi connectivity index (χ3v) is 6.25. The molecule has 3 aromatic carbocycles. The number of pyridine rings is 1. The summed E-state index contributed by atoms with van der Waals surface area (Å²) in [6, 6.07) is 25.1. The lowest BCUT2D eigenvalue weighted by molar-refractivity contribution is 0.268. The molecule has 1 aliphatic rings. The van der Waals surface area contributed by atoms with Gasteiger partial charge in [-0.15, -0.1) is 0 Å². The molecule has 0 spiro atoms. The van der Waals surface area contributed by atoms with Crippen LogP contribution in [0.5, 0.6) is 11.8 Å². The van der Waals surface area contributed by atoms with E-state index in [1.807, 2.05) is 66.9 Å². The summed E-state index contributed by atoms with van der Waals surface area (Å²) in [5, 5.41) is 3.28. The second-order valence-corrected chi connectivity index (χ2v) is 9.01. The van der Waals surface area contributed by atoms with Crippen LogP contribution in [0.25, 0.3) is 17.2 Å². The highest BCUT2D eigenvalue weighted by molar-refractivity contribution is 5.72. The molecule has 1 aromatic heterocycles. The van der Waals surface area contributed by atoms with E-state index in [0.717, 1.165) is 37.3 Å². The summed E-state index contributed by atoms with van der Waals surface area (Å²) in [6.45, 7) is 3.98. The van der Waals surface area contributed by atoms with Gasteiger partial charge in [0.25, 0.3) is 0 Å². The maximum Gasteiger partial charge on any atom is 0.225 e. The molecule has 38 heavy (non-hydrogen) atoms. The molecule has 7 heteroatoms. The summed E-state index contributed by atoms with van der Waals surface area (Å²) in [7, 11) is 0. The Hall–Kier alpha value is -4.23. The molecule has 0 saturated carbocycles. The largest absolute Gasteiger partial charge is 0.473 e. The van der Waals surface area contributed by atoms with E-state index in [4.69, 9.17) is 9.47 Å². The molecule has 1 N–H and O–H groups in total. The zero-order valence-electron chi connectivity index (χ0n) is 20.9. The van der Waals surface area contributed by atoms with Crippen molar-refractivity contribution in [2.45, 2.75) is 13.2 Å². The molecular weight excluding hydrogens is 484 g/mol. The fraction of sp³-hybridized carbons (Fsp3) is 0.194. The van der Waals surface area contributed by atoms with E-state index in [1.54, 1.807) is 18.2 Å². The third-order valence-electron chi connectivity index (χ3n) is 6.25. The molecule has 1 saturated heterocycles. The lowest BCUT2D eigenvalue weighted by Gasteiger charge is -2.25. The van der Waals surface area contributed by atoms with Crippen molar-refractivity contribution in [3.8, 4) is 22.9 Å². The first-order chi connectivity index (χ1) is 18.7. The van der Waals surface area contributed by atoms with E-state index in [-0.39, 0.29) is 23.6 Å². The van der Waals surface area contributed by atoms with Gasteiger partial charge in [-0.05, 0) is 47.2 Å². The van der Waals surface area contributed by atoms with Crippen LogP contribution in [0.3, 0.4) is 0 Å². The summed E-state index contributed by atoms with van der Waals surface area (Å²) in [6.07, 6.45) is 3.61. The summed E-state index contributed by atoms with van der Waals surface area (Å²) >= 11 is 0. The minimum absolute atomic E-state index is 0.0984. The third kappa shape index (κ3) is 6.55. The minimum Gasteiger partial charge on any atom is -0.473 e. The fourth-order valence-electron chi connectivity index (χ4n) is 4.23. The van der Waals surface area contributed by atoms with Crippen LogP contribution in [0.15, 0.2) is 91.1 Å². The molecular formula is C31H29F2N3O2. The van der Waals surface area contributed by atoms with Gasteiger partial charge in [0.2, 0.25) is 11.8 Å². The molecule has 2 heterocycles. The quantitative estimate of drug-likeness (QED) is 0.295. The zero-order valence-corrected chi connectivity index (χ0v) is 20.9. The molecule has 0 atom stereocenters. The summed E-state index contributed by atoms with van der Waals surface area (Å²) < 4.78 is 42.6. The van der Waals surface area contributed by atoms with Crippen LogP contribution in [0, 0.1) is 11.6 Å². The van der Waals surface area contributed by atoms with E-state index in [0.29, 0.717) is 18.1 Å². The molecule has 4 aromatic rings. The van der Waals surface area contributed by atoms with Crippen LogP contribution in [-0.2, 0) is 13.2 Å². The van der Waals surface area contributed by atoms with Crippen molar-refractivity contribution in [2.24, 2.45) is 0 Å². The van der Waals surface area contributed by atoms with Crippen LogP contribution in [-0.4, -0.2) is 36.1 Å². The minimum atomic E-state index is -0.686. The van der Waals surface area contributed by atoms with Crippen molar-refractivity contribution in [1.29, 1.82) is 0 Å². The Kier molecular flexibility index (Phi) is 8.26. The van der Waals surface area contributed by atoms with Crippen molar-refractivity contribution in [3.05, 3.63) is 119 Å². The average molecular weight is 514 g/mol. The Labute approximate surface area is 221 Å². The van der Waals surface area contributed by atoms with Crippen molar-refractivity contribution in [2.75, 3.05) is 26.2 Å².